The van der Waals surface area contributed by atoms with Crippen LogP contribution in [0.15, 0.2) is 35.2 Å². The van der Waals surface area contributed by atoms with E-state index in [-0.39, 0.29) is 0 Å². The van der Waals surface area contributed by atoms with Gasteiger partial charge in [-0.1, -0.05) is 29.8 Å². The smallest absolute Gasteiger partial charge is 0.102 e. The Morgan fingerprint density at radius 2 is 2.00 bits per heavy atom. The minimum Gasteiger partial charge on any atom is -0.257 e. The van der Waals surface area contributed by atoms with Gasteiger partial charge in [-0.3, -0.25) is 4.98 Å². The molecule has 2 aromatic rings. The molecular formula is C16H16N2S. The number of pyridine rings is 1. The molecule has 0 saturated carbocycles. The Morgan fingerprint density at radius 3 is 2.68 bits per heavy atom. The number of thioether (sulfide) groups is 1. The molecule has 0 radical (unpaired) electrons. The summed E-state index contributed by atoms with van der Waals surface area (Å²) in [4.78, 5) is 5.36. The van der Waals surface area contributed by atoms with E-state index in [0.29, 0.717) is 5.56 Å². The first-order valence-corrected chi connectivity index (χ1v) is 7.15. The highest BCUT2D eigenvalue weighted by Gasteiger charge is 2.08. The predicted octanol–water partition coefficient (Wildman–Crippen LogP) is 4.17. The third kappa shape index (κ3) is 3.36. The third-order valence-corrected chi connectivity index (χ3v) is 3.99. The highest BCUT2D eigenvalue weighted by atomic mass is 32.2. The summed E-state index contributed by atoms with van der Waals surface area (Å²) in [6.07, 6.45) is 0. The number of hydrogen-bond acceptors (Lipinski definition) is 3. The molecular weight excluding hydrogens is 252 g/mol. The van der Waals surface area contributed by atoms with Crippen LogP contribution >= 0.6 is 11.8 Å². The van der Waals surface area contributed by atoms with Crippen LogP contribution in [0.1, 0.15) is 28.1 Å². The number of nitriles is 1. The molecule has 1 heterocycles. The summed E-state index contributed by atoms with van der Waals surface area (Å²) in [5.41, 5.74) is 5.02. The van der Waals surface area contributed by atoms with Gasteiger partial charge in [-0.05, 0) is 32.4 Å². The van der Waals surface area contributed by atoms with Crippen molar-refractivity contribution in [2.75, 3.05) is 0 Å². The van der Waals surface area contributed by atoms with Crippen LogP contribution in [0.5, 0.6) is 0 Å². The molecule has 0 atom stereocenters. The molecule has 0 saturated heterocycles. The molecule has 1 aromatic heterocycles. The van der Waals surface area contributed by atoms with Crippen LogP contribution in [-0.4, -0.2) is 4.98 Å². The zero-order valence-electron chi connectivity index (χ0n) is 11.4. The maximum absolute atomic E-state index is 9.23. The molecule has 0 aliphatic heterocycles. The Morgan fingerprint density at radius 1 is 1.21 bits per heavy atom. The lowest BCUT2D eigenvalue weighted by Gasteiger charge is -2.08. The van der Waals surface area contributed by atoms with E-state index in [4.69, 9.17) is 0 Å². The first-order chi connectivity index (χ1) is 9.10. The van der Waals surface area contributed by atoms with Crippen LogP contribution in [0.3, 0.4) is 0 Å². The van der Waals surface area contributed by atoms with Gasteiger partial charge in [-0.15, -0.1) is 11.8 Å². The Labute approximate surface area is 118 Å². The van der Waals surface area contributed by atoms with Gasteiger partial charge in [0, 0.05) is 16.3 Å². The molecule has 96 valence electrons. The lowest BCUT2D eigenvalue weighted by atomic mass is 10.2. The number of aryl methyl sites for hydroxylation is 3. The molecule has 0 aliphatic rings. The summed E-state index contributed by atoms with van der Waals surface area (Å²) in [6.45, 7) is 5.95. The van der Waals surface area contributed by atoms with Gasteiger partial charge in [-0.25, -0.2) is 0 Å². The zero-order valence-corrected chi connectivity index (χ0v) is 12.2. The topological polar surface area (TPSA) is 36.7 Å². The van der Waals surface area contributed by atoms with E-state index in [2.05, 4.69) is 42.2 Å². The fraction of sp³-hybridized carbons (Fsp3) is 0.250. The van der Waals surface area contributed by atoms with Crippen LogP contribution in [0.25, 0.3) is 0 Å². The molecule has 0 aliphatic carbocycles. The Kier molecular flexibility index (Phi) is 4.24. The minimum absolute atomic E-state index is 0.697. The van der Waals surface area contributed by atoms with Gasteiger partial charge in [0.2, 0.25) is 0 Å². The molecule has 0 amide bonds. The van der Waals surface area contributed by atoms with Crippen molar-refractivity contribution in [1.29, 1.82) is 5.26 Å². The second-order valence-corrected chi connectivity index (χ2v) is 5.63. The molecule has 1 aromatic carbocycles. The van der Waals surface area contributed by atoms with Gasteiger partial charge in [0.1, 0.15) is 6.07 Å². The van der Waals surface area contributed by atoms with Crippen molar-refractivity contribution in [2.24, 2.45) is 0 Å². The monoisotopic (exact) mass is 268 g/mol. The lowest BCUT2D eigenvalue weighted by Crippen LogP contribution is -1.94. The molecule has 19 heavy (non-hydrogen) atoms. The van der Waals surface area contributed by atoms with E-state index in [1.165, 1.54) is 11.1 Å². The summed E-state index contributed by atoms with van der Waals surface area (Å²) in [6, 6.07) is 12.7. The molecule has 2 nitrogen and oxygen atoms in total. The van der Waals surface area contributed by atoms with Crippen molar-refractivity contribution in [3.05, 3.63) is 58.4 Å². The second-order valence-electron chi connectivity index (χ2n) is 4.61. The predicted molar refractivity (Wildman–Crippen MR) is 79.2 cm³/mol. The summed E-state index contributed by atoms with van der Waals surface area (Å²) >= 11 is 1.70. The summed E-state index contributed by atoms with van der Waals surface area (Å²) < 4.78 is 0. The van der Waals surface area contributed by atoms with Crippen LogP contribution in [0, 0.1) is 32.1 Å². The SMILES string of the molecule is Cc1cccc(CSc2cc(C)nc(C)c2C#N)c1. The largest absolute Gasteiger partial charge is 0.257 e. The molecule has 0 N–H and O–H groups in total. The number of benzene rings is 1. The minimum atomic E-state index is 0.697. The summed E-state index contributed by atoms with van der Waals surface area (Å²) in [7, 11) is 0. The van der Waals surface area contributed by atoms with Gasteiger partial charge < -0.3 is 0 Å². The Hall–Kier alpha value is -1.79. The molecule has 0 unspecified atom stereocenters. The first kappa shape index (κ1) is 13.6. The molecule has 0 bridgehead atoms. The number of aromatic nitrogens is 1. The third-order valence-electron chi connectivity index (χ3n) is 2.88. The van der Waals surface area contributed by atoms with Crippen molar-refractivity contribution in [3.63, 3.8) is 0 Å². The van der Waals surface area contributed by atoms with Crippen molar-refractivity contribution >= 4 is 11.8 Å². The fourth-order valence-corrected chi connectivity index (χ4v) is 3.10. The fourth-order valence-electron chi connectivity index (χ4n) is 2.01. The Bertz CT molecular complexity index is 642. The second kappa shape index (κ2) is 5.90. The molecule has 3 heteroatoms. The van der Waals surface area contributed by atoms with Gasteiger partial charge in [0.05, 0.1) is 11.3 Å². The molecule has 0 spiro atoms. The first-order valence-electron chi connectivity index (χ1n) is 6.17. The average Bonchev–Trinajstić information content (AvgIpc) is 2.36. The van der Waals surface area contributed by atoms with Crippen LogP contribution in [0.2, 0.25) is 0 Å². The average molecular weight is 268 g/mol. The highest BCUT2D eigenvalue weighted by Crippen LogP contribution is 2.28. The van der Waals surface area contributed by atoms with Crippen molar-refractivity contribution < 1.29 is 0 Å². The van der Waals surface area contributed by atoms with E-state index in [1.54, 1.807) is 11.8 Å². The number of nitrogens with zero attached hydrogens (tertiary/aromatic N) is 2. The maximum Gasteiger partial charge on any atom is 0.102 e. The van der Waals surface area contributed by atoms with E-state index in [9.17, 15) is 5.26 Å². The van der Waals surface area contributed by atoms with Crippen molar-refractivity contribution in [3.8, 4) is 6.07 Å². The standard InChI is InChI=1S/C16H16N2S/c1-11-5-4-6-14(7-11)10-19-16-8-12(2)18-13(3)15(16)9-17/h4-8H,10H2,1-3H3. The normalized spacial score (nSPS) is 10.2. The van der Waals surface area contributed by atoms with Gasteiger partial charge in [0.25, 0.3) is 0 Å². The van der Waals surface area contributed by atoms with Crippen LogP contribution in [0.4, 0.5) is 0 Å². The summed E-state index contributed by atoms with van der Waals surface area (Å²) in [5.74, 6) is 0.874. The maximum atomic E-state index is 9.23. The molecule has 0 fully saturated rings. The van der Waals surface area contributed by atoms with E-state index >= 15 is 0 Å². The van der Waals surface area contributed by atoms with Gasteiger partial charge in [-0.2, -0.15) is 5.26 Å². The highest BCUT2D eigenvalue weighted by molar-refractivity contribution is 7.98. The Balaban J connectivity index is 2.22. The lowest BCUT2D eigenvalue weighted by molar-refractivity contribution is 1.07. The zero-order chi connectivity index (χ0) is 13.8. The number of rotatable bonds is 3. The summed E-state index contributed by atoms with van der Waals surface area (Å²) in [5, 5.41) is 9.23. The van der Waals surface area contributed by atoms with Crippen LogP contribution in [-0.2, 0) is 5.75 Å². The molecule has 2 rings (SSSR count). The number of hydrogen-bond donors (Lipinski definition) is 0. The van der Waals surface area contributed by atoms with Crippen molar-refractivity contribution in [1.82, 2.24) is 4.98 Å². The van der Waals surface area contributed by atoms with Crippen LogP contribution < -0.4 is 0 Å². The van der Waals surface area contributed by atoms with Gasteiger partial charge >= 0.3 is 0 Å². The van der Waals surface area contributed by atoms with E-state index in [0.717, 1.165) is 22.0 Å². The van der Waals surface area contributed by atoms with E-state index < -0.39 is 0 Å². The quantitative estimate of drug-likeness (QED) is 0.784. The van der Waals surface area contributed by atoms with Gasteiger partial charge in [0.15, 0.2) is 0 Å². The van der Waals surface area contributed by atoms with Crippen molar-refractivity contribution in [2.45, 2.75) is 31.4 Å². The van der Waals surface area contributed by atoms with E-state index in [1.807, 2.05) is 19.9 Å².